The number of hydrogen-bond acceptors (Lipinski definition) is 4. The first-order valence-electron chi connectivity index (χ1n) is 5.68. The molecule has 1 rings (SSSR count). The van der Waals surface area contributed by atoms with Gasteiger partial charge in [0.1, 0.15) is 0 Å². The fourth-order valence-corrected chi connectivity index (χ4v) is 3.18. The number of anilines is 1. The quantitative estimate of drug-likeness (QED) is 0.640. The van der Waals surface area contributed by atoms with Crippen molar-refractivity contribution < 1.29 is 13.2 Å². The van der Waals surface area contributed by atoms with Gasteiger partial charge in [-0.25, -0.2) is 8.42 Å². The number of hydrogen-bond donors (Lipinski definition) is 1. The summed E-state index contributed by atoms with van der Waals surface area (Å²) < 4.78 is 30.1. The van der Waals surface area contributed by atoms with Crippen LogP contribution in [0.1, 0.15) is 13.8 Å². The van der Waals surface area contributed by atoms with Crippen LogP contribution in [-0.4, -0.2) is 27.4 Å². The van der Waals surface area contributed by atoms with E-state index in [-0.39, 0.29) is 22.9 Å². The Morgan fingerprint density at radius 1 is 1.39 bits per heavy atom. The lowest BCUT2D eigenvalue weighted by atomic mass is 10.2. The summed E-state index contributed by atoms with van der Waals surface area (Å²) in [6.45, 7) is 4.78. The van der Waals surface area contributed by atoms with Crippen LogP contribution in [0.2, 0.25) is 0 Å². The van der Waals surface area contributed by atoms with Crippen molar-refractivity contribution in [3.63, 3.8) is 0 Å². The second-order valence-electron chi connectivity index (χ2n) is 4.47. The SMILES string of the molecule is CC(C)COCCS(=O)(=O)c1cc(Br)ccc1N. The summed E-state index contributed by atoms with van der Waals surface area (Å²) in [5, 5.41) is 0. The summed E-state index contributed by atoms with van der Waals surface area (Å²) in [5.41, 5.74) is 5.95. The van der Waals surface area contributed by atoms with Crippen LogP contribution in [0.15, 0.2) is 27.6 Å². The molecule has 4 nitrogen and oxygen atoms in total. The van der Waals surface area contributed by atoms with Gasteiger partial charge in [0.15, 0.2) is 9.84 Å². The van der Waals surface area contributed by atoms with E-state index in [1.165, 1.54) is 6.07 Å². The Hall–Kier alpha value is -0.590. The number of nitrogen functional groups attached to an aromatic ring is 1. The molecule has 0 aliphatic heterocycles. The number of rotatable bonds is 6. The molecule has 1 aromatic rings. The van der Waals surface area contributed by atoms with Crippen LogP contribution in [0, 0.1) is 5.92 Å². The average molecular weight is 336 g/mol. The maximum Gasteiger partial charge on any atom is 0.182 e. The molecule has 0 saturated heterocycles. The summed E-state index contributed by atoms with van der Waals surface area (Å²) >= 11 is 3.24. The van der Waals surface area contributed by atoms with Gasteiger partial charge in [0.25, 0.3) is 0 Å². The molecule has 18 heavy (non-hydrogen) atoms. The fourth-order valence-electron chi connectivity index (χ4n) is 1.38. The molecule has 0 amide bonds. The third-order valence-corrected chi connectivity index (χ3v) is 4.48. The molecule has 0 aliphatic rings. The number of sulfone groups is 1. The molecule has 0 atom stereocenters. The van der Waals surface area contributed by atoms with Crippen LogP contribution >= 0.6 is 15.9 Å². The van der Waals surface area contributed by atoms with Gasteiger partial charge in [-0.2, -0.15) is 0 Å². The Balaban J connectivity index is 2.71. The maximum absolute atomic E-state index is 12.1. The minimum absolute atomic E-state index is 0.0552. The highest BCUT2D eigenvalue weighted by atomic mass is 79.9. The van der Waals surface area contributed by atoms with Crippen LogP contribution in [0.5, 0.6) is 0 Å². The largest absolute Gasteiger partial charge is 0.398 e. The van der Waals surface area contributed by atoms with E-state index >= 15 is 0 Å². The monoisotopic (exact) mass is 335 g/mol. The van der Waals surface area contributed by atoms with Crippen molar-refractivity contribution in [1.82, 2.24) is 0 Å². The second-order valence-corrected chi connectivity index (χ2v) is 7.46. The third kappa shape index (κ3) is 4.59. The second kappa shape index (κ2) is 6.54. The number of nitrogens with two attached hydrogens (primary N) is 1. The van der Waals surface area contributed by atoms with Gasteiger partial charge >= 0.3 is 0 Å². The average Bonchev–Trinajstić information content (AvgIpc) is 2.27. The van der Waals surface area contributed by atoms with Gasteiger partial charge in [-0.1, -0.05) is 29.8 Å². The molecule has 102 valence electrons. The van der Waals surface area contributed by atoms with Crippen LogP contribution in [-0.2, 0) is 14.6 Å². The van der Waals surface area contributed by atoms with E-state index in [0.717, 1.165) is 0 Å². The summed E-state index contributed by atoms with van der Waals surface area (Å²) in [5.74, 6) is 0.337. The summed E-state index contributed by atoms with van der Waals surface area (Å²) in [6, 6.07) is 4.81. The van der Waals surface area contributed by atoms with E-state index in [9.17, 15) is 8.42 Å². The van der Waals surface area contributed by atoms with Gasteiger partial charge in [0, 0.05) is 11.1 Å². The molecular formula is C12H18BrNO3S. The predicted octanol–water partition coefficient (Wildman–Crippen LogP) is 2.48. The Morgan fingerprint density at radius 2 is 2.06 bits per heavy atom. The lowest BCUT2D eigenvalue weighted by Crippen LogP contribution is -2.15. The highest BCUT2D eigenvalue weighted by Crippen LogP contribution is 2.23. The zero-order valence-electron chi connectivity index (χ0n) is 10.5. The lowest BCUT2D eigenvalue weighted by molar-refractivity contribution is 0.123. The van der Waals surface area contributed by atoms with Gasteiger partial charge < -0.3 is 10.5 Å². The first-order valence-corrected chi connectivity index (χ1v) is 8.13. The lowest BCUT2D eigenvalue weighted by Gasteiger charge is -2.09. The molecule has 0 radical (unpaired) electrons. The molecule has 0 spiro atoms. The first kappa shape index (κ1) is 15.5. The molecule has 0 aromatic heterocycles. The van der Waals surface area contributed by atoms with Crippen LogP contribution in [0.3, 0.4) is 0 Å². The first-order chi connectivity index (χ1) is 8.33. The predicted molar refractivity (Wildman–Crippen MR) is 76.3 cm³/mol. The molecule has 0 fully saturated rings. The van der Waals surface area contributed by atoms with E-state index in [4.69, 9.17) is 10.5 Å². The molecule has 2 N–H and O–H groups in total. The van der Waals surface area contributed by atoms with E-state index < -0.39 is 9.84 Å². The maximum atomic E-state index is 12.1. The highest BCUT2D eigenvalue weighted by molar-refractivity contribution is 9.10. The van der Waals surface area contributed by atoms with E-state index in [0.29, 0.717) is 17.0 Å². The minimum Gasteiger partial charge on any atom is -0.398 e. The molecule has 0 bridgehead atoms. The van der Waals surface area contributed by atoms with Crippen molar-refractivity contribution in [2.45, 2.75) is 18.7 Å². The summed E-state index contributed by atoms with van der Waals surface area (Å²) in [7, 11) is -3.39. The van der Waals surface area contributed by atoms with Crippen molar-refractivity contribution in [3.05, 3.63) is 22.7 Å². The van der Waals surface area contributed by atoms with Crippen molar-refractivity contribution >= 4 is 31.5 Å². The summed E-state index contributed by atoms with van der Waals surface area (Å²) in [6.07, 6.45) is 0. The van der Waals surface area contributed by atoms with E-state index in [1.807, 2.05) is 13.8 Å². The Bertz CT molecular complexity index is 500. The van der Waals surface area contributed by atoms with E-state index in [1.54, 1.807) is 12.1 Å². The van der Waals surface area contributed by atoms with Gasteiger partial charge in [-0.15, -0.1) is 0 Å². The van der Waals surface area contributed by atoms with Gasteiger partial charge in [0.05, 0.1) is 22.9 Å². The fraction of sp³-hybridized carbons (Fsp3) is 0.500. The Labute approximate surface area is 117 Å². The van der Waals surface area contributed by atoms with Crippen molar-refractivity contribution in [1.29, 1.82) is 0 Å². The topological polar surface area (TPSA) is 69.4 Å². The van der Waals surface area contributed by atoms with Crippen LogP contribution in [0.25, 0.3) is 0 Å². The number of halogens is 1. The number of benzene rings is 1. The Kier molecular flexibility index (Phi) is 5.62. The van der Waals surface area contributed by atoms with Gasteiger partial charge in [-0.05, 0) is 24.1 Å². The smallest absolute Gasteiger partial charge is 0.182 e. The molecule has 0 saturated carbocycles. The summed E-state index contributed by atoms with van der Waals surface area (Å²) in [4.78, 5) is 0.157. The normalized spacial score (nSPS) is 12.0. The van der Waals surface area contributed by atoms with Crippen molar-refractivity contribution in [2.75, 3.05) is 24.7 Å². The molecule has 6 heteroatoms. The Morgan fingerprint density at radius 3 is 2.67 bits per heavy atom. The van der Waals surface area contributed by atoms with Gasteiger partial charge in [-0.3, -0.25) is 0 Å². The number of ether oxygens (including phenoxy) is 1. The zero-order valence-corrected chi connectivity index (χ0v) is 12.9. The van der Waals surface area contributed by atoms with Crippen LogP contribution < -0.4 is 5.73 Å². The van der Waals surface area contributed by atoms with Crippen LogP contribution in [0.4, 0.5) is 5.69 Å². The standard InChI is InChI=1S/C12H18BrNO3S/c1-9(2)8-17-5-6-18(15,16)12-7-10(13)3-4-11(12)14/h3-4,7,9H,5-6,8,14H2,1-2H3. The van der Waals surface area contributed by atoms with Crippen molar-refractivity contribution in [2.24, 2.45) is 5.92 Å². The highest BCUT2D eigenvalue weighted by Gasteiger charge is 2.17. The zero-order chi connectivity index (χ0) is 13.8. The van der Waals surface area contributed by atoms with E-state index in [2.05, 4.69) is 15.9 Å². The van der Waals surface area contributed by atoms with Crippen molar-refractivity contribution in [3.8, 4) is 0 Å². The molecule has 0 unspecified atom stereocenters. The molecule has 0 heterocycles. The molecule has 1 aromatic carbocycles. The third-order valence-electron chi connectivity index (χ3n) is 2.26. The minimum atomic E-state index is -3.39. The molecular weight excluding hydrogens is 318 g/mol. The molecule has 0 aliphatic carbocycles. The van der Waals surface area contributed by atoms with Gasteiger partial charge in [0.2, 0.25) is 0 Å².